The second kappa shape index (κ2) is 2.32. The molecule has 4 heteroatoms. The molecule has 2 rings (SSSR count). The molecule has 0 atom stereocenters. The van der Waals surface area contributed by atoms with Crippen molar-refractivity contribution in [1.29, 1.82) is 0 Å². The van der Waals surface area contributed by atoms with Crippen LogP contribution in [0.25, 0.3) is 0 Å². The summed E-state index contributed by atoms with van der Waals surface area (Å²) in [5.41, 5.74) is 7.43. The minimum absolute atomic E-state index is 0.553. The maximum atomic E-state index is 4.98. The van der Waals surface area contributed by atoms with E-state index in [1.807, 2.05) is 12.2 Å². The van der Waals surface area contributed by atoms with E-state index in [-0.39, 0.29) is 0 Å². The maximum Gasteiger partial charge on any atom is 0.101 e. The van der Waals surface area contributed by atoms with Crippen molar-refractivity contribution in [2.24, 2.45) is 0 Å². The monoisotopic (exact) mass is 140 g/mol. The molecular weight excluding hydrogens is 132 g/mol. The molecule has 4 nitrogen and oxygen atoms in total. The molecule has 0 aromatic rings. The predicted molar refractivity (Wildman–Crippen MR) is 34.3 cm³/mol. The Morgan fingerprint density at radius 3 is 1.90 bits per heavy atom. The van der Waals surface area contributed by atoms with Crippen LogP contribution in [0.2, 0.25) is 0 Å². The molecule has 10 heavy (non-hydrogen) atoms. The van der Waals surface area contributed by atoms with Gasteiger partial charge in [0.2, 0.25) is 0 Å². The van der Waals surface area contributed by atoms with E-state index in [1.165, 1.54) is 0 Å². The van der Waals surface area contributed by atoms with E-state index in [1.54, 1.807) is 0 Å². The topological polar surface area (TPSA) is 42.5 Å². The van der Waals surface area contributed by atoms with E-state index in [0.29, 0.717) is 13.2 Å². The van der Waals surface area contributed by atoms with E-state index in [9.17, 15) is 0 Å². The lowest BCUT2D eigenvalue weighted by Crippen LogP contribution is -2.30. The summed E-state index contributed by atoms with van der Waals surface area (Å²) in [6.45, 7) is 1.11. The lowest BCUT2D eigenvalue weighted by atomic mass is 10.2. The number of hydrogen-bond acceptors (Lipinski definition) is 4. The first-order valence-electron chi connectivity index (χ1n) is 3.15. The Kier molecular flexibility index (Phi) is 1.34. The molecule has 1 aliphatic carbocycles. The van der Waals surface area contributed by atoms with Crippen LogP contribution < -0.4 is 11.0 Å². The van der Waals surface area contributed by atoms with Crippen LogP contribution in [0, 0.1) is 0 Å². The van der Waals surface area contributed by atoms with Crippen molar-refractivity contribution < 1.29 is 9.68 Å². The molecule has 0 spiro atoms. The average Bonchev–Trinajstić information content (AvgIpc) is 1.89. The first kappa shape index (κ1) is 5.76. The molecule has 0 aromatic carbocycles. The Balaban J connectivity index is 2.02. The molecule has 0 fully saturated rings. The zero-order valence-corrected chi connectivity index (χ0v) is 5.39. The standard InChI is InChI=1S/C6H8N2O2/c1-2-6-5(1)7-9-3-4-10-8-6/h1-2,7-8H,3-4H2. The van der Waals surface area contributed by atoms with Crippen molar-refractivity contribution in [3.05, 3.63) is 23.5 Å². The SMILES string of the molecule is C1=CC2=C1NOCCON2. The Bertz CT molecular complexity index is 178. The molecule has 0 bridgehead atoms. The Morgan fingerprint density at radius 1 is 1.00 bits per heavy atom. The molecule has 2 N–H and O–H groups in total. The van der Waals surface area contributed by atoms with Crippen LogP contribution >= 0.6 is 0 Å². The van der Waals surface area contributed by atoms with Gasteiger partial charge in [-0.25, -0.2) is 0 Å². The van der Waals surface area contributed by atoms with Gasteiger partial charge in [0.1, 0.15) is 13.2 Å². The molecule has 0 radical (unpaired) electrons. The van der Waals surface area contributed by atoms with Crippen molar-refractivity contribution in [3.63, 3.8) is 0 Å². The fourth-order valence-corrected chi connectivity index (χ4v) is 0.769. The van der Waals surface area contributed by atoms with Gasteiger partial charge in [0.15, 0.2) is 0 Å². The third kappa shape index (κ3) is 0.872. The zero-order chi connectivity index (χ0) is 6.81. The lowest BCUT2D eigenvalue weighted by molar-refractivity contribution is -0.0301. The van der Waals surface area contributed by atoms with Gasteiger partial charge in [-0.2, -0.15) is 0 Å². The van der Waals surface area contributed by atoms with Crippen molar-refractivity contribution in [3.8, 4) is 0 Å². The molecule has 0 amide bonds. The van der Waals surface area contributed by atoms with E-state index < -0.39 is 0 Å². The predicted octanol–water partition coefficient (Wildman–Crippen LogP) is -0.176. The van der Waals surface area contributed by atoms with Crippen LogP contribution in [0.4, 0.5) is 0 Å². The van der Waals surface area contributed by atoms with Crippen molar-refractivity contribution in [2.75, 3.05) is 13.2 Å². The summed E-state index contributed by atoms with van der Waals surface area (Å²) in [6.07, 6.45) is 3.83. The highest BCUT2D eigenvalue weighted by molar-refractivity contribution is 5.41. The second-order valence-corrected chi connectivity index (χ2v) is 2.06. The fourth-order valence-electron chi connectivity index (χ4n) is 0.769. The number of allylic oxidation sites excluding steroid dienone is 2. The second-order valence-electron chi connectivity index (χ2n) is 2.06. The molecule has 0 aromatic heterocycles. The highest BCUT2D eigenvalue weighted by Crippen LogP contribution is 2.13. The van der Waals surface area contributed by atoms with Gasteiger partial charge in [0.25, 0.3) is 0 Å². The van der Waals surface area contributed by atoms with E-state index >= 15 is 0 Å². The third-order valence-corrected chi connectivity index (χ3v) is 1.36. The maximum absolute atomic E-state index is 4.98. The van der Waals surface area contributed by atoms with Crippen molar-refractivity contribution >= 4 is 0 Å². The van der Waals surface area contributed by atoms with Crippen LogP contribution in [-0.2, 0) is 9.68 Å². The summed E-state index contributed by atoms with van der Waals surface area (Å²) in [7, 11) is 0. The van der Waals surface area contributed by atoms with Gasteiger partial charge in [-0.3, -0.25) is 20.6 Å². The minimum atomic E-state index is 0.553. The number of hydroxylamine groups is 2. The first-order valence-corrected chi connectivity index (χ1v) is 3.15. The normalized spacial score (nSPS) is 23.2. The third-order valence-electron chi connectivity index (χ3n) is 1.36. The van der Waals surface area contributed by atoms with Crippen LogP contribution in [0.3, 0.4) is 0 Å². The highest BCUT2D eigenvalue weighted by Gasteiger charge is 2.11. The molecule has 0 unspecified atom stereocenters. The van der Waals surface area contributed by atoms with E-state index in [4.69, 9.17) is 9.68 Å². The summed E-state index contributed by atoms with van der Waals surface area (Å²) in [5.74, 6) is 0. The molecule has 2 aliphatic rings. The lowest BCUT2D eigenvalue weighted by Gasteiger charge is -2.21. The number of nitrogens with one attached hydrogen (secondary N) is 2. The summed E-state index contributed by atoms with van der Waals surface area (Å²) in [6, 6.07) is 0. The fraction of sp³-hybridized carbons (Fsp3) is 0.333. The summed E-state index contributed by atoms with van der Waals surface area (Å²) < 4.78 is 0. The van der Waals surface area contributed by atoms with Crippen LogP contribution in [0.1, 0.15) is 0 Å². The number of rotatable bonds is 0. The van der Waals surface area contributed by atoms with Gasteiger partial charge in [0.05, 0.1) is 11.4 Å². The first-order chi connectivity index (χ1) is 4.97. The largest absolute Gasteiger partial charge is 0.274 e. The Hall–Kier alpha value is -1.00. The van der Waals surface area contributed by atoms with Gasteiger partial charge in [-0.1, -0.05) is 0 Å². The Morgan fingerprint density at radius 2 is 1.50 bits per heavy atom. The van der Waals surface area contributed by atoms with Crippen LogP contribution in [0.15, 0.2) is 23.5 Å². The van der Waals surface area contributed by atoms with Gasteiger partial charge < -0.3 is 0 Å². The van der Waals surface area contributed by atoms with E-state index in [2.05, 4.69) is 11.0 Å². The van der Waals surface area contributed by atoms with Crippen LogP contribution in [0.5, 0.6) is 0 Å². The quantitative estimate of drug-likeness (QED) is 0.490. The molecular formula is C6H8N2O2. The molecule has 54 valence electrons. The zero-order valence-electron chi connectivity index (χ0n) is 5.39. The average molecular weight is 140 g/mol. The summed E-state index contributed by atoms with van der Waals surface area (Å²) in [5, 5.41) is 0. The van der Waals surface area contributed by atoms with Gasteiger partial charge in [-0.15, -0.1) is 0 Å². The van der Waals surface area contributed by atoms with E-state index in [0.717, 1.165) is 11.4 Å². The summed E-state index contributed by atoms with van der Waals surface area (Å²) in [4.78, 5) is 9.97. The molecule has 0 saturated heterocycles. The molecule has 1 aliphatic heterocycles. The van der Waals surface area contributed by atoms with Crippen LogP contribution in [-0.4, -0.2) is 13.2 Å². The smallest absolute Gasteiger partial charge is 0.101 e. The number of hydrogen-bond donors (Lipinski definition) is 2. The molecule has 1 heterocycles. The molecule has 0 saturated carbocycles. The summed E-state index contributed by atoms with van der Waals surface area (Å²) >= 11 is 0. The van der Waals surface area contributed by atoms with Gasteiger partial charge in [0, 0.05) is 0 Å². The minimum Gasteiger partial charge on any atom is -0.274 e. The Labute approximate surface area is 58.4 Å². The van der Waals surface area contributed by atoms with Gasteiger partial charge >= 0.3 is 0 Å². The van der Waals surface area contributed by atoms with Crippen molar-refractivity contribution in [2.45, 2.75) is 0 Å². The highest BCUT2D eigenvalue weighted by atomic mass is 16.7. The van der Waals surface area contributed by atoms with Crippen molar-refractivity contribution in [1.82, 2.24) is 11.0 Å². The van der Waals surface area contributed by atoms with Gasteiger partial charge in [-0.05, 0) is 12.2 Å².